The number of fused-ring (bicyclic) bond motifs is 1. The van der Waals surface area contributed by atoms with Crippen molar-refractivity contribution < 1.29 is 9.53 Å². The molecule has 2 aliphatic carbocycles. The van der Waals surface area contributed by atoms with Gasteiger partial charge in [0.15, 0.2) is 0 Å². The van der Waals surface area contributed by atoms with Crippen molar-refractivity contribution in [3.05, 3.63) is 35.0 Å². The topological polar surface area (TPSA) is 54.5 Å². The fourth-order valence-electron chi connectivity index (χ4n) is 5.69. The fourth-order valence-corrected chi connectivity index (χ4v) is 6.02. The lowest BCUT2D eigenvalue weighted by Gasteiger charge is -2.41. The highest BCUT2D eigenvalue weighted by atomic mass is 35.5. The molecule has 158 valence electrons. The normalized spacial score (nSPS) is 26.4. The fraction of sp³-hybridized carbons (Fsp3) is 0.583. The molecule has 1 atom stereocenters. The number of amides is 1. The number of nitrogens with zero attached hydrogens (tertiary/aromatic N) is 2. The summed E-state index contributed by atoms with van der Waals surface area (Å²) in [6.45, 7) is 3.97. The zero-order chi connectivity index (χ0) is 20.3. The van der Waals surface area contributed by atoms with E-state index in [4.69, 9.17) is 16.3 Å². The van der Waals surface area contributed by atoms with Crippen molar-refractivity contribution in [2.75, 3.05) is 31.6 Å². The highest BCUT2D eigenvalue weighted by Gasteiger charge is 2.60. The molecule has 0 bridgehead atoms. The van der Waals surface area contributed by atoms with E-state index in [-0.39, 0.29) is 11.8 Å². The van der Waals surface area contributed by atoms with Gasteiger partial charge in [-0.2, -0.15) is 0 Å². The third-order valence-corrected chi connectivity index (χ3v) is 8.38. The van der Waals surface area contributed by atoms with E-state index in [9.17, 15) is 4.79 Å². The Labute approximate surface area is 182 Å². The molecule has 5 nitrogen and oxygen atoms in total. The van der Waals surface area contributed by atoms with Gasteiger partial charge < -0.3 is 10.1 Å². The molecule has 4 aliphatic rings. The van der Waals surface area contributed by atoms with Gasteiger partial charge in [0.1, 0.15) is 5.82 Å². The Balaban J connectivity index is 1.18. The number of hydrogen-bond acceptors (Lipinski definition) is 4. The molecule has 2 saturated carbocycles. The molecule has 1 aromatic heterocycles. The van der Waals surface area contributed by atoms with Crippen LogP contribution in [0.4, 0.5) is 5.82 Å². The van der Waals surface area contributed by atoms with Crippen molar-refractivity contribution in [2.45, 2.75) is 50.5 Å². The monoisotopic (exact) mass is 425 g/mol. The molecule has 30 heavy (non-hydrogen) atoms. The van der Waals surface area contributed by atoms with Crippen molar-refractivity contribution in [1.82, 2.24) is 9.88 Å². The van der Waals surface area contributed by atoms with Crippen molar-refractivity contribution in [2.24, 2.45) is 11.3 Å². The average Bonchev–Trinajstić information content (AvgIpc) is 3.44. The molecule has 1 unspecified atom stereocenters. The number of ether oxygens (including phenoxy) is 1. The Bertz CT molecular complexity index is 993. The molecule has 2 saturated heterocycles. The van der Waals surface area contributed by atoms with Crippen LogP contribution < -0.4 is 5.32 Å². The Morgan fingerprint density at radius 1 is 1.17 bits per heavy atom. The summed E-state index contributed by atoms with van der Waals surface area (Å²) in [5.41, 5.74) is 1.56. The van der Waals surface area contributed by atoms with E-state index < -0.39 is 0 Å². The van der Waals surface area contributed by atoms with E-state index in [1.54, 1.807) is 0 Å². The van der Waals surface area contributed by atoms with Gasteiger partial charge in [-0.3, -0.25) is 9.69 Å². The third-order valence-electron chi connectivity index (χ3n) is 8.05. The third kappa shape index (κ3) is 3.22. The molecule has 3 heterocycles. The second-order valence-electron chi connectivity index (χ2n) is 9.75. The van der Waals surface area contributed by atoms with Gasteiger partial charge in [0.25, 0.3) is 0 Å². The van der Waals surface area contributed by atoms with Crippen LogP contribution >= 0.6 is 11.6 Å². The molecule has 1 spiro atoms. The largest absolute Gasteiger partial charge is 0.378 e. The number of anilines is 1. The molecule has 6 rings (SSSR count). The lowest BCUT2D eigenvalue weighted by Crippen LogP contribution is -2.51. The van der Waals surface area contributed by atoms with Gasteiger partial charge in [-0.05, 0) is 85.7 Å². The predicted molar refractivity (Wildman–Crippen MR) is 118 cm³/mol. The number of likely N-dealkylation sites (tertiary alicyclic amines) is 1. The molecule has 2 aliphatic heterocycles. The summed E-state index contributed by atoms with van der Waals surface area (Å²) >= 11 is 6.67. The van der Waals surface area contributed by atoms with Gasteiger partial charge in [0.2, 0.25) is 5.91 Å². The van der Waals surface area contributed by atoms with Gasteiger partial charge in [-0.1, -0.05) is 18.0 Å². The Kier molecular flexibility index (Phi) is 4.55. The van der Waals surface area contributed by atoms with Crippen molar-refractivity contribution in [3.63, 3.8) is 0 Å². The van der Waals surface area contributed by atoms with Crippen molar-refractivity contribution in [3.8, 4) is 0 Å². The van der Waals surface area contributed by atoms with Crippen LogP contribution in [-0.4, -0.2) is 48.1 Å². The minimum absolute atomic E-state index is 0.142. The maximum atomic E-state index is 12.6. The van der Waals surface area contributed by atoms with Gasteiger partial charge in [-0.25, -0.2) is 4.98 Å². The quantitative estimate of drug-likeness (QED) is 0.778. The summed E-state index contributed by atoms with van der Waals surface area (Å²) in [6, 6.07) is 6.86. The molecule has 6 heteroatoms. The molecular weight excluding hydrogens is 398 g/mol. The Morgan fingerprint density at radius 3 is 2.60 bits per heavy atom. The minimum atomic E-state index is 0.142. The number of piperidine rings is 1. The number of hydrogen-bond donors (Lipinski definition) is 1. The number of aromatic nitrogens is 1. The number of pyridine rings is 1. The zero-order valence-electron chi connectivity index (χ0n) is 17.2. The highest BCUT2D eigenvalue weighted by molar-refractivity contribution is 6.32. The first kappa shape index (κ1) is 19.0. The van der Waals surface area contributed by atoms with Crippen LogP contribution in [-0.2, 0) is 9.53 Å². The highest BCUT2D eigenvalue weighted by Crippen LogP contribution is 2.65. The molecule has 4 fully saturated rings. The molecule has 1 N–H and O–H groups in total. The zero-order valence-corrected chi connectivity index (χ0v) is 18.0. The van der Waals surface area contributed by atoms with E-state index in [1.165, 1.54) is 24.8 Å². The van der Waals surface area contributed by atoms with E-state index in [1.807, 2.05) is 18.3 Å². The van der Waals surface area contributed by atoms with Crippen LogP contribution in [0.25, 0.3) is 10.8 Å². The van der Waals surface area contributed by atoms with Crippen LogP contribution in [0.5, 0.6) is 0 Å². The molecular formula is C24H28ClN3O2. The van der Waals surface area contributed by atoms with Crippen LogP contribution in [0.15, 0.2) is 24.4 Å². The van der Waals surface area contributed by atoms with Crippen LogP contribution in [0, 0.1) is 11.3 Å². The maximum absolute atomic E-state index is 12.6. The van der Waals surface area contributed by atoms with Crippen LogP contribution in [0.2, 0.25) is 5.02 Å². The van der Waals surface area contributed by atoms with Crippen LogP contribution in [0.1, 0.15) is 50.0 Å². The Hall–Kier alpha value is -1.69. The lowest BCUT2D eigenvalue weighted by atomic mass is 9.80. The standard InChI is InChI=1S/C24H28ClN3O2/c25-21-9-17-12-26-22(27-23(29)20-11-24(20)4-1-5-24)10-16(17)8-19(21)15-2-6-28(7-3-15)18-13-30-14-18/h8-10,12,15,18,20H,1-7,11,13-14H2,(H,26,27,29). The van der Waals surface area contributed by atoms with E-state index in [2.05, 4.69) is 21.3 Å². The second-order valence-corrected chi connectivity index (χ2v) is 10.2. The van der Waals surface area contributed by atoms with Gasteiger partial charge in [0.05, 0.1) is 19.3 Å². The number of halogens is 1. The van der Waals surface area contributed by atoms with E-state index in [0.717, 1.165) is 61.4 Å². The van der Waals surface area contributed by atoms with E-state index in [0.29, 0.717) is 23.2 Å². The number of carbonyl (C=O) groups is 1. The first-order valence-electron chi connectivity index (χ1n) is 11.3. The predicted octanol–water partition coefficient (Wildman–Crippen LogP) is 4.60. The van der Waals surface area contributed by atoms with Crippen LogP contribution in [0.3, 0.4) is 0 Å². The van der Waals surface area contributed by atoms with Gasteiger partial charge in [0, 0.05) is 22.5 Å². The smallest absolute Gasteiger partial charge is 0.229 e. The number of carbonyl (C=O) groups excluding carboxylic acids is 1. The maximum Gasteiger partial charge on any atom is 0.229 e. The van der Waals surface area contributed by atoms with Crippen molar-refractivity contribution >= 4 is 34.1 Å². The first-order valence-corrected chi connectivity index (χ1v) is 11.7. The molecule has 0 radical (unpaired) electrons. The summed E-state index contributed by atoms with van der Waals surface area (Å²) in [7, 11) is 0. The summed E-state index contributed by atoms with van der Waals surface area (Å²) in [5, 5.41) is 6.01. The van der Waals surface area contributed by atoms with Crippen molar-refractivity contribution in [1.29, 1.82) is 0 Å². The molecule has 2 aromatic rings. The summed E-state index contributed by atoms with van der Waals surface area (Å²) in [4.78, 5) is 19.6. The Morgan fingerprint density at radius 2 is 1.97 bits per heavy atom. The minimum Gasteiger partial charge on any atom is -0.378 e. The first-order chi connectivity index (χ1) is 14.6. The second kappa shape index (κ2) is 7.18. The van der Waals surface area contributed by atoms with E-state index >= 15 is 0 Å². The van der Waals surface area contributed by atoms with Gasteiger partial charge in [-0.15, -0.1) is 0 Å². The molecule has 1 amide bonds. The SMILES string of the molecule is O=C(Nc1cc2cc(C3CCN(C4COC4)CC3)c(Cl)cc2cn1)C1CC12CCC2. The van der Waals surface area contributed by atoms with Gasteiger partial charge >= 0.3 is 0 Å². The summed E-state index contributed by atoms with van der Waals surface area (Å²) < 4.78 is 5.35. The summed E-state index contributed by atoms with van der Waals surface area (Å²) in [5.74, 6) is 1.47. The number of nitrogens with one attached hydrogen (secondary N) is 1. The lowest BCUT2D eigenvalue weighted by molar-refractivity contribution is -0.118. The number of rotatable bonds is 4. The summed E-state index contributed by atoms with van der Waals surface area (Å²) in [6.07, 6.45) is 8.83. The number of benzene rings is 1. The molecule has 1 aromatic carbocycles. The average molecular weight is 426 g/mol.